The van der Waals surface area contributed by atoms with Gasteiger partial charge in [0, 0.05) is 19.6 Å². The Morgan fingerprint density at radius 2 is 2.00 bits per heavy atom. The van der Waals surface area contributed by atoms with Crippen molar-refractivity contribution >= 4 is 32.4 Å². The fourth-order valence-electron chi connectivity index (χ4n) is 1.73. The first kappa shape index (κ1) is 19.4. The van der Waals surface area contributed by atoms with Crippen molar-refractivity contribution in [3.8, 4) is 0 Å². The van der Waals surface area contributed by atoms with Crippen LogP contribution in [0.3, 0.4) is 0 Å². The van der Waals surface area contributed by atoms with Crippen molar-refractivity contribution in [1.29, 1.82) is 0 Å². The van der Waals surface area contributed by atoms with Crippen LogP contribution in [0, 0.1) is 5.82 Å². The Morgan fingerprint density at radius 3 is 2.68 bits per heavy atom. The Balaban J connectivity index is 1.80. The summed E-state index contributed by atoms with van der Waals surface area (Å²) in [4.78, 5) is 11.7. The number of hydrogen-bond acceptors (Lipinski definition) is 7. The number of nitrogens with one attached hydrogen (secondary N) is 2. The van der Waals surface area contributed by atoms with Crippen LogP contribution in [0.4, 0.5) is 9.52 Å². The lowest BCUT2D eigenvalue weighted by Crippen LogP contribution is -2.27. The first-order valence-corrected chi connectivity index (χ1v) is 9.66. The van der Waals surface area contributed by atoms with Gasteiger partial charge >= 0.3 is 0 Å². The van der Waals surface area contributed by atoms with Gasteiger partial charge in [0.2, 0.25) is 21.1 Å². The number of sulfonamides is 1. The minimum atomic E-state index is -3.79. The quantitative estimate of drug-likeness (QED) is 0.674. The van der Waals surface area contributed by atoms with Crippen molar-refractivity contribution in [1.82, 2.24) is 14.9 Å². The summed E-state index contributed by atoms with van der Waals surface area (Å²) in [7, 11) is -3.79. The zero-order chi connectivity index (χ0) is 18.3. The van der Waals surface area contributed by atoms with Crippen LogP contribution >= 0.6 is 11.3 Å². The van der Waals surface area contributed by atoms with E-state index in [-0.39, 0.29) is 17.9 Å². The molecular formula is C14H17FN4O4S2. The molecule has 2 aromatic rings. The molecule has 1 aromatic carbocycles. The highest BCUT2D eigenvalue weighted by atomic mass is 32.2. The Hall–Kier alpha value is -1.95. The zero-order valence-corrected chi connectivity index (χ0v) is 15.0. The van der Waals surface area contributed by atoms with Gasteiger partial charge in [-0.05, 0) is 31.2 Å². The summed E-state index contributed by atoms with van der Waals surface area (Å²) in [5, 5.41) is 11.2. The van der Waals surface area contributed by atoms with Crippen molar-refractivity contribution in [3.63, 3.8) is 0 Å². The molecule has 1 amide bonds. The maximum absolute atomic E-state index is 12.8. The summed E-state index contributed by atoms with van der Waals surface area (Å²) in [5.74, 6) is -0.931. The van der Waals surface area contributed by atoms with Crippen LogP contribution in [0.1, 0.15) is 18.4 Å². The summed E-state index contributed by atoms with van der Waals surface area (Å²) in [6.07, 6.45) is -0.0825. The summed E-state index contributed by atoms with van der Waals surface area (Å²) in [6, 6.07) is 4.41. The number of hydrogen-bond donors (Lipinski definition) is 2. The van der Waals surface area contributed by atoms with Crippen LogP contribution in [0.5, 0.6) is 0 Å². The van der Waals surface area contributed by atoms with Crippen LogP contribution in [0.15, 0.2) is 29.2 Å². The van der Waals surface area contributed by atoms with Crippen LogP contribution in [0.2, 0.25) is 0 Å². The highest BCUT2D eigenvalue weighted by Gasteiger charge is 2.15. The van der Waals surface area contributed by atoms with E-state index in [0.29, 0.717) is 23.4 Å². The number of halogens is 1. The number of nitrogens with zero attached hydrogens (tertiary/aromatic N) is 2. The molecule has 8 nitrogen and oxygen atoms in total. The van der Waals surface area contributed by atoms with Crippen molar-refractivity contribution in [3.05, 3.63) is 35.1 Å². The summed E-state index contributed by atoms with van der Waals surface area (Å²) < 4.78 is 44.3. The normalized spacial score (nSPS) is 11.4. The fraction of sp³-hybridized carbons (Fsp3) is 0.357. The molecule has 0 spiro atoms. The molecule has 0 unspecified atom stereocenters. The van der Waals surface area contributed by atoms with Crippen LogP contribution in [-0.4, -0.2) is 37.7 Å². The molecule has 1 aromatic heterocycles. The molecule has 0 fully saturated rings. The fourth-order valence-corrected chi connectivity index (χ4v) is 3.46. The summed E-state index contributed by atoms with van der Waals surface area (Å²) in [6.45, 7) is 2.63. The van der Waals surface area contributed by atoms with E-state index in [2.05, 4.69) is 20.2 Å². The lowest BCUT2D eigenvalue weighted by molar-refractivity contribution is -0.116. The number of carbonyl (C=O) groups is 1. The van der Waals surface area contributed by atoms with E-state index in [1.165, 1.54) is 11.3 Å². The van der Waals surface area contributed by atoms with Crippen LogP contribution in [-0.2, 0) is 26.2 Å². The second-order valence-corrected chi connectivity index (χ2v) is 7.62. The van der Waals surface area contributed by atoms with Gasteiger partial charge < -0.3 is 10.1 Å². The summed E-state index contributed by atoms with van der Waals surface area (Å²) in [5.41, 5.74) is 0. The molecule has 2 N–H and O–H groups in total. The predicted octanol–water partition coefficient (Wildman–Crippen LogP) is 1.52. The van der Waals surface area contributed by atoms with Gasteiger partial charge in [-0.3, -0.25) is 4.79 Å². The molecule has 0 atom stereocenters. The first-order chi connectivity index (χ1) is 11.9. The maximum atomic E-state index is 12.8. The molecule has 0 aliphatic rings. The van der Waals surface area contributed by atoms with E-state index < -0.39 is 21.7 Å². The minimum Gasteiger partial charge on any atom is -0.374 e. The standard InChI is InChI=1S/C14H17FN4O4S2/c1-2-23-9-13-18-19-14(24-13)17-12(20)7-8-16-25(21,22)11-5-3-10(15)4-6-11/h3-6,16H,2,7-9H2,1H3,(H,17,19,20). The van der Waals surface area contributed by atoms with E-state index in [1.54, 1.807) is 0 Å². The van der Waals surface area contributed by atoms with E-state index in [4.69, 9.17) is 4.74 Å². The molecule has 136 valence electrons. The molecule has 0 saturated carbocycles. The van der Waals surface area contributed by atoms with Gasteiger partial charge in [-0.2, -0.15) is 0 Å². The van der Waals surface area contributed by atoms with Crippen molar-refractivity contribution in [2.75, 3.05) is 18.5 Å². The second kappa shape index (κ2) is 8.94. The van der Waals surface area contributed by atoms with E-state index in [9.17, 15) is 17.6 Å². The van der Waals surface area contributed by atoms with E-state index in [1.807, 2.05) is 6.92 Å². The number of amides is 1. The molecule has 0 aliphatic carbocycles. The monoisotopic (exact) mass is 388 g/mol. The molecule has 11 heteroatoms. The Kier molecular flexibility index (Phi) is 6.93. The predicted molar refractivity (Wildman–Crippen MR) is 90.1 cm³/mol. The third kappa shape index (κ3) is 6.12. The van der Waals surface area contributed by atoms with Gasteiger partial charge in [0.15, 0.2) is 0 Å². The molecule has 2 rings (SSSR count). The second-order valence-electron chi connectivity index (χ2n) is 4.79. The van der Waals surface area contributed by atoms with Crippen molar-refractivity contribution in [2.45, 2.75) is 24.8 Å². The smallest absolute Gasteiger partial charge is 0.240 e. The number of anilines is 1. The summed E-state index contributed by atoms with van der Waals surface area (Å²) >= 11 is 1.19. The number of carbonyl (C=O) groups excluding carboxylic acids is 1. The molecule has 0 radical (unpaired) electrons. The van der Waals surface area contributed by atoms with Gasteiger partial charge in [-0.25, -0.2) is 17.5 Å². The Morgan fingerprint density at radius 1 is 1.28 bits per heavy atom. The molecule has 1 heterocycles. The van der Waals surface area contributed by atoms with Gasteiger partial charge in [0.25, 0.3) is 0 Å². The largest absolute Gasteiger partial charge is 0.374 e. The Bertz CT molecular complexity index is 808. The highest BCUT2D eigenvalue weighted by Crippen LogP contribution is 2.16. The lowest BCUT2D eigenvalue weighted by Gasteiger charge is -2.06. The van der Waals surface area contributed by atoms with E-state index in [0.717, 1.165) is 24.3 Å². The third-order valence-corrected chi connectivity index (χ3v) is 5.20. The van der Waals surface area contributed by atoms with Gasteiger partial charge in [-0.1, -0.05) is 11.3 Å². The average Bonchev–Trinajstić information content (AvgIpc) is 3.00. The van der Waals surface area contributed by atoms with Crippen molar-refractivity contribution in [2.24, 2.45) is 0 Å². The minimum absolute atomic E-state index is 0.0704. The van der Waals surface area contributed by atoms with Crippen LogP contribution < -0.4 is 10.0 Å². The number of ether oxygens (including phenoxy) is 1. The van der Waals surface area contributed by atoms with Gasteiger partial charge in [0.05, 0.1) is 4.90 Å². The molecule has 25 heavy (non-hydrogen) atoms. The molecule has 0 aliphatic heterocycles. The number of aromatic nitrogens is 2. The van der Waals surface area contributed by atoms with Crippen molar-refractivity contribution < 1.29 is 22.3 Å². The number of benzene rings is 1. The average molecular weight is 388 g/mol. The van der Waals surface area contributed by atoms with Crippen LogP contribution in [0.25, 0.3) is 0 Å². The SMILES string of the molecule is CCOCc1nnc(NC(=O)CCNS(=O)(=O)c2ccc(F)cc2)s1. The molecular weight excluding hydrogens is 371 g/mol. The van der Waals surface area contributed by atoms with Gasteiger partial charge in [0.1, 0.15) is 17.4 Å². The first-order valence-electron chi connectivity index (χ1n) is 7.36. The van der Waals surface area contributed by atoms with Gasteiger partial charge in [-0.15, -0.1) is 10.2 Å². The third-order valence-electron chi connectivity index (χ3n) is 2.91. The Labute approximate surface area is 148 Å². The topological polar surface area (TPSA) is 110 Å². The van der Waals surface area contributed by atoms with E-state index >= 15 is 0 Å². The molecule has 0 bridgehead atoms. The zero-order valence-electron chi connectivity index (χ0n) is 13.4. The molecule has 0 saturated heterocycles. The number of rotatable bonds is 9. The highest BCUT2D eigenvalue weighted by molar-refractivity contribution is 7.89. The lowest BCUT2D eigenvalue weighted by atomic mass is 10.4. The maximum Gasteiger partial charge on any atom is 0.240 e.